The van der Waals surface area contributed by atoms with Gasteiger partial charge in [0.25, 0.3) is 0 Å². The molecule has 0 aliphatic carbocycles. The minimum Gasteiger partial charge on any atom is -0.493 e. The summed E-state index contributed by atoms with van der Waals surface area (Å²) in [6, 6.07) is 20.2. The standard InChI is InChI=1S/2C24H22F3N5O5/c2*1-23(2,24(25,26)27)19-11-20(32-37-19)31-22(33)30-13-6-5-7-14(8-13)36-21-15-9-17(34-3)18(35-4)10-16(15)28-12-29-21/h2*5-12H,1-4H3,(H2,30,31,32,33). The van der Waals surface area contributed by atoms with Crippen LogP contribution < -0.4 is 49.7 Å². The highest BCUT2D eigenvalue weighted by Crippen LogP contribution is 2.43. The quantitative estimate of drug-likeness (QED) is 0.0740. The van der Waals surface area contributed by atoms with Crippen molar-refractivity contribution < 1.29 is 73.4 Å². The van der Waals surface area contributed by atoms with E-state index in [-0.39, 0.29) is 23.4 Å². The maximum Gasteiger partial charge on any atom is 0.401 e. The molecule has 0 atom stereocenters. The van der Waals surface area contributed by atoms with E-state index in [0.29, 0.717) is 67.7 Å². The first-order valence-corrected chi connectivity index (χ1v) is 21.6. The van der Waals surface area contributed by atoms with Crippen LogP contribution in [-0.4, -0.2) is 83.1 Å². The Balaban J connectivity index is 0.000000216. The van der Waals surface area contributed by atoms with E-state index in [1.54, 1.807) is 60.7 Å². The van der Waals surface area contributed by atoms with Crippen LogP contribution in [0.25, 0.3) is 21.8 Å². The molecule has 0 aliphatic rings. The Hall–Kier alpha value is -9.10. The van der Waals surface area contributed by atoms with Gasteiger partial charge in [-0.3, -0.25) is 10.6 Å². The SMILES string of the molecule is COc1cc2ncnc(Oc3cccc(NC(=O)Nc4cc(C(C)(C)C(F)(F)F)on4)c3)c2cc1OC.COc1cc2ncnc(Oc3cccc(NC(=O)Nc4cc(C(C)(C)C(F)(F)F)on4)c3)c2cc1OC. The number of rotatable bonds is 14. The molecular formula is C48H44F6N10O10. The van der Waals surface area contributed by atoms with Crippen molar-refractivity contribution in [2.45, 2.75) is 50.9 Å². The number of nitrogens with one attached hydrogen (secondary N) is 4. The lowest BCUT2D eigenvalue weighted by Gasteiger charge is -2.24. The number of benzene rings is 4. The monoisotopic (exact) mass is 1030 g/mol. The smallest absolute Gasteiger partial charge is 0.401 e. The van der Waals surface area contributed by atoms with Gasteiger partial charge in [0.1, 0.15) is 35.0 Å². The fourth-order valence-corrected chi connectivity index (χ4v) is 6.47. The molecule has 0 aliphatic heterocycles. The fraction of sp³-hybridized carbons (Fsp3) is 0.250. The van der Waals surface area contributed by atoms with Gasteiger partial charge in [-0.2, -0.15) is 26.3 Å². The van der Waals surface area contributed by atoms with Gasteiger partial charge in [0.05, 0.1) is 50.2 Å². The van der Waals surface area contributed by atoms with E-state index in [9.17, 15) is 35.9 Å². The number of amides is 4. The van der Waals surface area contributed by atoms with E-state index in [1.165, 1.54) is 53.2 Å². The number of carbonyl (C=O) groups is 2. The molecule has 0 saturated heterocycles. The Labute approximate surface area is 415 Å². The number of urea groups is 2. The van der Waals surface area contributed by atoms with Crippen molar-refractivity contribution in [1.82, 2.24) is 30.2 Å². The second-order valence-electron chi connectivity index (χ2n) is 16.6. The highest BCUT2D eigenvalue weighted by atomic mass is 19.4. The second-order valence-corrected chi connectivity index (χ2v) is 16.6. The molecular weight excluding hydrogens is 991 g/mol. The minimum atomic E-state index is -4.56. The third-order valence-corrected chi connectivity index (χ3v) is 11.0. The largest absolute Gasteiger partial charge is 0.493 e. The first-order chi connectivity index (χ1) is 35.0. The zero-order valence-electron chi connectivity index (χ0n) is 40.3. The topological polar surface area (TPSA) is 241 Å². The predicted octanol–water partition coefficient (Wildman–Crippen LogP) is 11.8. The van der Waals surface area contributed by atoms with Crippen LogP contribution in [0.15, 0.2) is 107 Å². The lowest BCUT2D eigenvalue weighted by Crippen LogP contribution is -2.35. The van der Waals surface area contributed by atoms with Gasteiger partial charge in [0.15, 0.2) is 46.2 Å². The Morgan fingerprint density at radius 1 is 0.486 bits per heavy atom. The molecule has 4 amide bonds. The summed E-state index contributed by atoms with van der Waals surface area (Å²) in [6.45, 7) is 3.82. The van der Waals surface area contributed by atoms with E-state index in [0.717, 1.165) is 39.8 Å². The summed E-state index contributed by atoms with van der Waals surface area (Å²) < 4.78 is 122. The molecule has 0 spiro atoms. The van der Waals surface area contributed by atoms with Crippen molar-refractivity contribution in [2.24, 2.45) is 0 Å². The highest BCUT2D eigenvalue weighted by Gasteiger charge is 2.52. The predicted molar refractivity (Wildman–Crippen MR) is 255 cm³/mol. The van der Waals surface area contributed by atoms with Crippen molar-refractivity contribution in [2.75, 3.05) is 49.7 Å². The number of ether oxygens (including phenoxy) is 6. The van der Waals surface area contributed by atoms with Crippen LogP contribution in [0.4, 0.5) is 58.9 Å². The lowest BCUT2D eigenvalue weighted by molar-refractivity contribution is -0.186. The van der Waals surface area contributed by atoms with Gasteiger partial charge in [-0.1, -0.05) is 22.4 Å². The van der Waals surface area contributed by atoms with Crippen LogP contribution in [0.2, 0.25) is 0 Å². The Bertz CT molecular complexity index is 3090. The van der Waals surface area contributed by atoms with Crippen LogP contribution >= 0.6 is 0 Å². The van der Waals surface area contributed by atoms with E-state index >= 15 is 0 Å². The molecule has 0 saturated carbocycles. The Kier molecular flexibility index (Phi) is 15.2. The molecule has 0 bridgehead atoms. The normalized spacial score (nSPS) is 11.8. The average Bonchev–Trinajstić information content (AvgIpc) is 4.04. The summed E-state index contributed by atoms with van der Waals surface area (Å²) in [6.07, 6.45) is -6.44. The number of alkyl halides is 6. The van der Waals surface area contributed by atoms with Crippen LogP contribution in [0.5, 0.6) is 46.3 Å². The maximum absolute atomic E-state index is 13.2. The minimum absolute atomic E-state index is 0.172. The van der Waals surface area contributed by atoms with Crippen LogP contribution in [0.1, 0.15) is 39.2 Å². The molecule has 0 fully saturated rings. The van der Waals surface area contributed by atoms with Gasteiger partial charge in [-0.05, 0) is 64.1 Å². The van der Waals surface area contributed by atoms with Gasteiger partial charge in [-0.25, -0.2) is 29.5 Å². The molecule has 8 rings (SSSR count). The molecule has 4 N–H and O–H groups in total. The molecule has 20 nitrogen and oxygen atoms in total. The number of anilines is 4. The summed E-state index contributed by atoms with van der Waals surface area (Å²) in [5, 5.41) is 17.9. The first kappa shape index (κ1) is 52.7. The van der Waals surface area contributed by atoms with Crippen molar-refractivity contribution in [3.05, 3.63) is 109 Å². The third-order valence-electron chi connectivity index (χ3n) is 11.0. The van der Waals surface area contributed by atoms with Gasteiger partial charge < -0.3 is 48.1 Å². The summed E-state index contributed by atoms with van der Waals surface area (Å²) in [4.78, 5) is 41.6. The molecule has 74 heavy (non-hydrogen) atoms. The van der Waals surface area contributed by atoms with Gasteiger partial charge in [0.2, 0.25) is 11.8 Å². The molecule has 388 valence electrons. The van der Waals surface area contributed by atoms with Gasteiger partial charge in [0, 0.05) is 47.8 Å². The van der Waals surface area contributed by atoms with Crippen LogP contribution in [0, 0.1) is 0 Å². The van der Waals surface area contributed by atoms with Crippen molar-refractivity contribution in [3.63, 3.8) is 0 Å². The fourth-order valence-electron chi connectivity index (χ4n) is 6.47. The van der Waals surface area contributed by atoms with E-state index in [4.69, 9.17) is 37.5 Å². The number of carbonyl (C=O) groups excluding carboxylic acids is 2. The Morgan fingerprint density at radius 3 is 1.20 bits per heavy atom. The lowest BCUT2D eigenvalue weighted by atomic mass is 9.89. The molecule has 4 aromatic carbocycles. The number of nitrogens with zero attached hydrogens (tertiary/aromatic N) is 6. The van der Waals surface area contributed by atoms with Crippen molar-refractivity contribution in [1.29, 1.82) is 0 Å². The molecule has 4 heterocycles. The molecule has 0 unspecified atom stereocenters. The molecule has 26 heteroatoms. The number of hydrogen-bond donors (Lipinski definition) is 4. The number of halogens is 6. The number of aromatic nitrogens is 6. The van der Waals surface area contributed by atoms with Crippen molar-refractivity contribution >= 4 is 56.9 Å². The molecule has 0 radical (unpaired) electrons. The van der Waals surface area contributed by atoms with Gasteiger partial charge in [-0.15, -0.1) is 0 Å². The number of hydrogen-bond acceptors (Lipinski definition) is 16. The highest BCUT2D eigenvalue weighted by molar-refractivity contribution is 6.00. The number of methoxy groups -OCH3 is 4. The van der Waals surface area contributed by atoms with E-state index < -0.39 is 46.8 Å². The average molecular weight is 1030 g/mol. The second kappa shape index (κ2) is 21.3. The van der Waals surface area contributed by atoms with Crippen molar-refractivity contribution in [3.8, 4) is 46.3 Å². The maximum atomic E-state index is 13.2. The Morgan fingerprint density at radius 2 is 0.851 bits per heavy atom. The van der Waals surface area contributed by atoms with Crippen LogP contribution in [0.3, 0.4) is 0 Å². The van der Waals surface area contributed by atoms with E-state index in [2.05, 4.69) is 51.5 Å². The molecule has 8 aromatic rings. The van der Waals surface area contributed by atoms with Crippen LogP contribution in [-0.2, 0) is 10.8 Å². The number of fused-ring (bicyclic) bond motifs is 2. The zero-order valence-corrected chi connectivity index (χ0v) is 40.3. The van der Waals surface area contributed by atoms with E-state index in [1.807, 2.05) is 0 Å². The third kappa shape index (κ3) is 11.8. The first-order valence-electron chi connectivity index (χ1n) is 21.6. The summed E-state index contributed by atoms with van der Waals surface area (Å²) in [7, 11) is 6.04. The summed E-state index contributed by atoms with van der Waals surface area (Å²) in [5.41, 5.74) is -2.74. The molecule has 4 aromatic heterocycles. The summed E-state index contributed by atoms with van der Waals surface area (Å²) in [5.74, 6) is 1.91. The zero-order chi connectivity index (χ0) is 53.6. The van der Waals surface area contributed by atoms with Gasteiger partial charge >= 0.3 is 24.4 Å². The summed E-state index contributed by atoms with van der Waals surface area (Å²) >= 11 is 0.